The van der Waals surface area contributed by atoms with E-state index in [-0.39, 0.29) is 5.69 Å². The van der Waals surface area contributed by atoms with Crippen molar-refractivity contribution in [2.75, 3.05) is 25.5 Å². The number of nitrogens with one attached hydrogen (secondary N) is 1. The van der Waals surface area contributed by atoms with E-state index in [4.69, 9.17) is 0 Å². The number of alkyl halides is 3. The van der Waals surface area contributed by atoms with Crippen LogP contribution in [0.2, 0.25) is 0 Å². The van der Waals surface area contributed by atoms with E-state index in [1.54, 1.807) is 0 Å². The number of nitro benzene ring substituents is 1. The average Bonchev–Trinajstić information content (AvgIpc) is 3.21. The average molecular weight is 303 g/mol. The van der Waals surface area contributed by atoms with Crippen LogP contribution < -0.4 is 5.32 Å². The van der Waals surface area contributed by atoms with Gasteiger partial charge in [-0.1, -0.05) is 0 Å². The number of hydrogen-bond donors (Lipinski definition) is 1. The molecule has 8 heteroatoms. The summed E-state index contributed by atoms with van der Waals surface area (Å²) in [4.78, 5) is 12.2. The highest BCUT2D eigenvalue weighted by Gasteiger charge is 2.33. The molecule has 116 valence electrons. The second kappa shape index (κ2) is 5.88. The Morgan fingerprint density at radius 3 is 2.62 bits per heavy atom. The van der Waals surface area contributed by atoms with Crippen molar-refractivity contribution < 1.29 is 18.1 Å². The molecule has 1 saturated carbocycles. The summed E-state index contributed by atoms with van der Waals surface area (Å²) < 4.78 is 37.7. The highest BCUT2D eigenvalue weighted by Crippen LogP contribution is 2.34. The van der Waals surface area contributed by atoms with Crippen LogP contribution in [0.4, 0.5) is 24.5 Å². The fourth-order valence-corrected chi connectivity index (χ4v) is 2.07. The second-order valence-electron chi connectivity index (χ2n) is 5.13. The zero-order chi connectivity index (χ0) is 15.6. The number of benzene rings is 1. The van der Waals surface area contributed by atoms with Gasteiger partial charge in [-0.3, -0.25) is 10.1 Å². The molecule has 0 saturated heterocycles. The Labute approximate surface area is 119 Å². The predicted octanol–water partition coefficient (Wildman–Crippen LogP) is 3.12. The minimum atomic E-state index is -4.59. The van der Waals surface area contributed by atoms with E-state index in [0.717, 1.165) is 25.0 Å². The predicted molar refractivity (Wildman–Crippen MR) is 72.2 cm³/mol. The number of rotatable bonds is 6. The maximum Gasteiger partial charge on any atom is 0.416 e. The zero-order valence-electron chi connectivity index (χ0n) is 11.5. The molecule has 1 aromatic carbocycles. The highest BCUT2D eigenvalue weighted by atomic mass is 19.4. The minimum absolute atomic E-state index is 0.109. The Bertz CT molecular complexity index is 530. The largest absolute Gasteiger partial charge is 0.416 e. The summed E-state index contributed by atoms with van der Waals surface area (Å²) in [7, 11) is 1.96. The Morgan fingerprint density at radius 1 is 1.43 bits per heavy atom. The first-order valence-corrected chi connectivity index (χ1v) is 6.59. The summed E-state index contributed by atoms with van der Waals surface area (Å²) in [6.45, 7) is 1.13. The molecule has 1 aliphatic rings. The molecule has 21 heavy (non-hydrogen) atoms. The van der Waals surface area contributed by atoms with E-state index in [1.807, 2.05) is 7.05 Å². The summed E-state index contributed by atoms with van der Waals surface area (Å²) >= 11 is 0. The van der Waals surface area contributed by atoms with Crippen LogP contribution in [-0.4, -0.2) is 36.0 Å². The number of nitro groups is 1. The molecule has 0 aliphatic heterocycles. The van der Waals surface area contributed by atoms with Gasteiger partial charge < -0.3 is 10.2 Å². The molecular formula is C13H16F3N3O2. The van der Waals surface area contributed by atoms with Crippen LogP contribution in [0.25, 0.3) is 0 Å². The third-order valence-electron chi connectivity index (χ3n) is 3.47. The van der Waals surface area contributed by atoms with Gasteiger partial charge in [0.25, 0.3) is 5.69 Å². The third-order valence-corrected chi connectivity index (χ3v) is 3.47. The van der Waals surface area contributed by atoms with E-state index in [9.17, 15) is 23.3 Å². The van der Waals surface area contributed by atoms with Gasteiger partial charge in [-0.05, 0) is 32.0 Å². The van der Waals surface area contributed by atoms with Crippen LogP contribution >= 0.6 is 0 Å². The van der Waals surface area contributed by atoms with Crippen molar-refractivity contribution in [3.8, 4) is 0 Å². The molecule has 0 atom stereocenters. The monoisotopic (exact) mass is 303 g/mol. The van der Waals surface area contributed by atoms with Gasteiger partial charge in [-0.25, -0.2) is 0 Å². The Balaban J connectivity index is 2.05. The Morgan fingerprint density at radius 2 is 2.10 bits per heavy atom. The topological polar surface area (TPSA) is 58.4 Å². The lowest BCUT2D eigenvalue weighted by Crippen LogP contribution is -2.27. The minimum Gasteiger partial charge on any atom is -0.378 e. The van der Waals surface area contributed by atoms with Gasteiger partial charge in [0.1, 0.15) is 5.69 Å². The number of likely N-dealkylation sites (N-methyl/N-ethyl adjacent to an activating group) is 1. The van der Waals surface area contributed by atoms with E-state index in [2.05, 4.69) is 10.2 Å². The first-order valence-electron chi connectivity index (χ1n) is 6.59. The molecule has 0 aromatic heterocycles. The number of hydrogen-bond acceptors (Lipinski definition) is 4. The smallest absolute Gasteiger partial charge is 0.378 e. The van der Waals surface area contributed by atoms with Gasteiger partial charge >= 0.3 is 6.18 Å². The molecule has 0 spiro atoms. The van der Waals surface area contributed by atoms with Crippen molar-refractivity contribution >= 4 is 11.4 Å². The van der Waals surface area contributed by atoms with Gasteiger partial charge in [0.2, 0.25) is 0 Å². The van der Waals surface area contributed by atoms with Gasteiger partial charge in [-0.15, -0.1) is 0 Å². The molecule has 1 aliphatic carbocycles. The normalized spacial score (nSPS) is 15.3. The summed E-state index contributed by atoms with van der Waals surface area (Å²) in [5.41, 5.74) is -1.47. The zero-order valence-corrected chi connectivity index (χ0v) is 11.5. The summed E-state index contributed by atoms with van der Waals surface area (Å²) in [5.74, 6) is 0. The molecule has 1 aromatic rings. The van der Waals surface area contributed by atoms with Gasteiger partial charge in [0.05, 0.1) is 10.5 Å². The second-order valence-corrected chi connectivity index (χ2v) is 5.13. The van der Waals surface area contributed by atoms with E-state index >= 15 is 0 Å². The number of anilines is 1. The van der Waals surface area contributed by atoms with Gasteiger partial charge in [0.15, 0.2) is 0 Å². The van der Waals surface area contributed by atoms with E-state index in [0.29, 0.717) is 25.2 Å². The summed E-state index contributed by atoms with van der Waals surface area (Å²) in [5, 5.41) is 13.7. The lowest BCUT2D eigenvalue weighted by molar-refractivity contribution is -0.384. The van der Waals surface area contributed by atoms with Crippen molar-refractivity contribution in [1.82, 2.24) is 4.90 Å². The van der Waals surface area contributed by atoms with Crippen molar-refractivity contribution in [1.29, 1.82) is 0 Å². The van der Waals surface area contributed by atoms with Crippen LogP contribution in [0.5, 0.6) is 0 Å². The third kappa shape index (κ3) is 4.07. The van der Waals surface area contributed by atoms with Crippen LogP contribution in [0.1, 0.15) is 18.4 Å². The molecule has 2 rings (SSSR count). The molecule has 0 bridgehead atoms. The van der Waals surface area contributed by atoms with Crippen LogP contribution in [0, 0.1) is 10.1 Å². The van der Waals surface area contributed by atoms with Crippen LogP contribution in [0.15, 0.2) is 18.2 Å². The summed E-state index contributed by atoms with van der Waals surface area (Å²) in [6, 6.07) is 3.08. The molecule has 1 fully saturated rings. The standard InChI is InChI=1S/C13H16F3N3O2/c1-18(10-3-4-10)7-6-17-11-5-2-9(13(14,15)16)8-12(11)19(20)21/h2,5,8,10,17H,3-4,6-7H2,1H3. The van der Waals surface area contributed by atoms with Crippen LogP contribution in [-0.2, 0) is 6.18 Å². The molecule has 0 heterocycles. The number of nitrogens with zero attached hydrogens (tertiary/aromatic N) is 2. The van der Waals surface area contributed by atoms with E-state index < -0.39 is 22.4 Å². The molecule has 1 N–H and O–H groups in total. The molecular weight excluding hydrogens is 287 g/mol. The van der Waals surface area contributed by atoms with Crippen LogP contribution in [0.3, 0.4) is 0 Å². The molecule has 5 nitrogen and oxygen atoms in total. The molecule has 0 amide bonds. The van der Waals surface area contributed by atoms with Crippen molar-refractivity contribution in [2.45, 2.75) is 25.1 Å². The SMILES string of the molecule is CN(CCNc1ccc(C(F)(F)F)cc1[N+](=O)[O-])C1CC1. The highest BCUT2D eigenvalue weighted by molar-refractivity contribution is 5.62. The fourth-order valence-electron chi connectivity index (χ4n) is 2.07. The Hall–Kier alpha value is -1.83. The number of halogens is 3. The van der Waals surface area contributed by atoms with E-state index in [1.165, 1.54) is 0 Å². The molecule has 0 unspecified atom stereocenters. The quantitative estimate of drug-likeness (QED) is 0.648. The first-order chi connectivity index (χ1) is 9.79. The Kier molecular flexibility index (Phi) is 4.36. The summed E-state index contributed by atoms with van der Waals surface area (Å²) in [6.07, 6.45) is -2.29. The maximum atomic E-state index is 12.6. The van der Waals surface area contributed by atoms with Crippen molar-refractivity contribution in [3.05, 3.63) is 33.9 Å². The lowest BCUT2D eigenvalue weighted by atomic mass is 10.1. The van der Waals surface area contributed by atoms with Gasteiger partial charge in [0, 0.05) is 25.2 Å². The fraction of sp³-hybridized carbons (Fsp3) is 0.538. The van der Waals surface area contributed by atoms with Crippen molar-refractivity contribution in [3.63, 3.8) is 0 Å². The van der Waals surface area contributed by atoms with Crippen molar-refractivity contribution in [2.24, 2.45) is 0 Å². The molecule has 0 radical (unpaired) electrons. The first kappa shape index (κ1) is 15.6. The maximum absolute atomic E-state index is 12.6. The lowest BCUT2D eigenvalue weighted by Gasteiger charge is -2.16. The van der Waals surface area contributed by atoms with Gasteiger partial charge in [-0.2, -0.15) is 13.2 Å².